The fourth-order valence-corrected chi connectivity index (χ4v) is 4.61. The largest absolute Gasteiger partial charge is 0.462 e. The van der Waals surface area contributed by atoms with Gasteiger partial charge in [-0.3, -0.25) is 28.9 Å². The molecule has 0 bridgehead atoms. The fourth-order valence-electron chi connectivity index (χ4n) is 4.31. The maximum atomic E-state index is 13.8. The summed E-state index contributed by atoms with van der Waals surface area (Å²) in [5.41, 5.74) is -4.07. The van der Waals surface area contributed by atoms with Crippen LogP contribution in [0.25, 0.3) is 0 Å². The first-order valence-corrected chi connectivity index (χ1v) is 15.3. The highest BCUT2D eigenvalue weighted by Crippen LogP contribution is 2.53. The van der Waals surface area contributed by atoms with Gasteiger partial charge in [0.25, 0.3) is 0 Å². The van der Waals surface area contributed by atoms with E-state index in [1.54, 1.807) is 13.8 Å². The van der Waals surface area contributed by atoms with Crippen LogP contribution in [0.2, 0.25) is 0 Å². The van der Waals surface area contributed by atoms with Crippen LogP contribution in [0.4, 0.5) is 0 Å². The summed E-state index contributed by atoms with van der Waals surface area (Å²) in [5.74, 6) is -2.09. The predicted molar refractivity (Wildman–Crippen MR) is 162 cm³/mol. The SMILES string of the molecule is CC(C)(C)OCC(C)(C)OC(=O)C(C)(CC(C)(C)C(C)(C)C(=O)OCCOC(=O)CCN1C(=O)CCC1=O)C(C)(C)Br. The molecule has 0 saturated carbocycles. The van der Waals surface area contributed by atoms with E-state index in [0.29, 0.717) is 0 Å². The summed E-state index contributed by atoms with van der Waals surface area (Å²) in [4.78, 5) is 63.5. The summed E-state index contributed by atoms with van der Waals surface area (Å²) in [6.45, 7) is 22.3. The Hall–Kier alpha value is -2.01. The number of alkyl halides is 1. The first-order chi connectivity index (χ1) is 18.8. The van der Waals surface area contributed by atoms with Gasteiger partial charge in [0.1, 0.15) is 18.8 Å². The monoisotopic (exact) mass is 661 g/mol. The van der Waals surface area contributed by atoms with Crippen molar-refractivity contribution in [1.82, 2.24) is 4.90 Å². The highest BCUT2D eigenvalue weighted by atomic mass is 79.9. The first kappa shape index (κ1) is 38.0. The molecular formula is C31H52BrNO9. The van der Waals surface area contributed by atoms with E-state index in [1.165, 1.54) is 0 Å². The van der Waals surface area contributed by atoms with Gasteiger partial charge >= 0.3 is 17.9 Å². The Balaban J connectivity index is 2.83. The molecule has 10 nitrogen and oxygen atoms in total. The molecule has 1 heterocycles. The molecule has 1 fully saturated rings. The predicted octanol–water partition coefficient (Wildman–Crippen LogP) is 5.37. The van der Waals surface area contributed by atoms with Crippen LogP contribution in [0.1, 0.15) is 109 Å². The van der Waals surface area contributed by atoms with Crippen LogP contribution in [-0.4, -0.2) is 76.5 Å². The third kappa shape index (κ3) is 10.3. The van der Waals surface area contributed by atoms with Gasteiger partial charge in [0.05, 0.1) is 29.5 Å². The number of nitrogens with zero attached hydrogens (tertiary/aromatic N) is 1. The number of halogens is 1. The highest BCUT2D eigenvalue weighted by molar-refractivity contribution is 9.10. The van der Waals surface area contributed by atoms with Crippen LogP contribution < -0.4 is 0 Å². The van der Waals surface area contributed by atoms with E-state index in [4.69, 9.17) is 18.9 Å². The van der Waals surface area contributed by atoms with Gasteiger partial charge < -0.3 is 18.9 Å². The molecule has 1 atom stereocenters. The molecule has 0 aromatic carbocycles. The van der Waals surface area contributed by atoms with Crippen LogP contribution in [0.5, 0.6) is 0 Å². The number of ether oxygens (including phenoxy) is 4. The Morgan fingerprint density at radius 3 is 1.76 bits per heavy atom. The maximum Gasteiger partial charge on any atom is 0.313 e. The summed E-state index contributed by atoms with van der Waals surface area (Å²) < 4.78 is 21.8. The van der Waals surface area contributed by atoms with E-state index in [-0.39, 0.29) is 69.5 Å². The summed E-state index contributed by atoms with van der Waals surface area (Å²) in [5, 5.41) is 0. The van der Waals surface area contributed by atoms with Crippen molar-refractivity contribution in [3.8, 4) is 0 Å². The average Bonchev–Trinajstić information content (AvgIpc) is 3.14. The third-order valence-corrected chi connectivity index (χ3v) is 9.13. The smallest absolute Gasteiger partial charge is 0.313 e. The van der Waals surface area contributed by atoms with E-state index in [1.807, 2.05) is 69.2 Å². The minimum Gasteiger partial charge on any atom is -0.462 e. The zero-order chi connectivity index (χ0) is 32.9. The zero-order valence-electron chi connectivity index (χ0n) is 27.7. The lowest BCUT2D eigenvalue weighted by atomic mass is 9.58. The van der Waals surface area contributed by atoms with Crippen LogP contribution in [0, 0.1) is 16.2 Å². The molecule has 0 radical (unpaired) electrons. The average molecular weight is 663 g/mol. The van der Waals surface area contributed by atoms with Crippen LogP contribution in [0.15, 0.2) is 0 Å². The number of esters is 3. The second-order valence-electron chi connectivity index (χ2n) is 14.6. The molecule has 11 heteroatoms. The molecular weight excluding hydrogens is 610 g/mol. The second-order valence-corrected chi connectivity index (χ2v) is 16.6. The number of imide groups is 1. The lowest BCUT2D eigenvalue weighted by molar-refractivity contribution is -0.185. The van der Waals surface area contributed by atoms with Gasteiger partial charge in [-0.15, -0.1) is 0 Å². The van der Waals surface area contributed by atoms with Gasteiger partial charge in [-0.25, -0.2) is 0 Å². The molecule has 42 heavy (non-hydrogen) atoms. The molecule has 242 valence electrons. The van der Waals surface area contributed by atoms with E-state index >= 15 is 0 Å². The van der Waals surface area contributed by atoms with Crippen molar-refractivity contribution >= 4 is 45.7 Å². The van der Waals surface area contributed by atoms with E-state index < -0.39 is 44.1 Å². The normalized spacial score (nSPS) is 16.7. The van der Waals surface area contributed by atoms with E-state index in [9.17, 15) is 24.0 Å². The van der Waals surface area contributed by atoms with Gasteiger partial charge in [0.15, 0.2) is 0 Å². The summed E-state index contributed by atoms with van der Waals surface area (Å²) in [7, 11) is 0. The Morgan fingerprint density at radius 2 is 1.29 bits per heavy atom. The van der Waals surface area contributed by atoms with Crippen molar-refractivity contribution in [2.24, 2.45) is 16.2 Å². The Bertz CT molecular complexity index is 1000. The number of rotatable bonds is 15. The van der Waals surface area contributed by atoms with Crippen molar-refractivity contribution in [2.75, 3.05) is 26.4 Å². The van der Waals surface area contributed by atoms with Gasteiger partial charge in [-0.05, 0) is 81.1 Å². The molecule has 0 spiro atoms. The van der Waals surface area contributed by atoms with Crippen LogP contribution in [-0.2, 0) is 42.9 Å². The highest BCUT2D eigenvalue weighted by Gasteiger charge is 2.56. The standard InChI is InChI=1S/C31H52BrNO9/c1-26(2,3)41-20-28(6,7)42-25(38)31(12,30(10,11)32)19-27(4,5)29(8,9)24(37)40-18-17-39-23(36)15-16-33-21(34)13-14-22(33)35/h13-20H2,1-12H3. The minimum absolute atomic E-state index is 0.0244. The number of carbonyl (C=O) groups excluding carboxylic acids is 5. The third-order valence-electron chi connectivity index (χ3n) is 8.26. The topological polar surface area (TPSA) is 126 Å². The summed E-state index contributed by atoms with van der Waals surface area (Å²) in [6.07, 6.45) is 0.486. The summed E-state index contributed by atoms with van der Waals surface area (Å²) in [6, 6.07) is 0. The Labute approximate surface area is 260 Å². The quantitative estimate of drug-likeness (QED) is 0.0748. The van der Waals surface area contributed by atoms with Gasteiger partial charge in [-0.2, -0.15) is 0 Å². The number of carbonyl (C=O) groups is 5. The molecule has 1 unspecified atom stereocenters. The van der Waals surface area contributed by atoms with Crippen LogP contribution >= 0.6 is 15.9 Å². The second kappa shape index (κ2) is 13.7. The van der Waals surface area contributed by atoms with Gasteiger partial charge in [0.2, 0.25) is 11.8 Å². The van der Waals surface area contributed by atoms with E-state index in [0.717, 1.165) is 4.90 Å². The first-order valence-electron chi connectivity index (χ1n) is 14.5. The minimum atomic E-state index is -1.04. The van der Waals surface area contributed by atoms with Crippen molar-refractivity contribution < 1.29 is 42.9 Å². The number of likely N-dealkylation sites (tertiary alicyclic amines) is 1. The number of hydrogen-bond acceptors (Lipinski definition) is 9. The van der Waals surface area contributed by atoms with Crippen molar-refractivity contribution in [2.45, 2.75) is 124 Å². The number of hydrogen-bond donors (Lipinski definition) is 0. The molecule has 1 rings (SSSR count). The van der Waals surface area contributed by atoms with Crippen molar-refractivity contribution in [3.05, 3.63) is 0 Å². The maximum absolute atomic E-state index is 13.8. The molecule has 2 amide bonds. The zero-order valence-corrected chi connectivity index (χ0v) is 29.2. The van der Waals surface area contributed by atoms with Crippen molar-refractivity contribution in [1.29, 1.82) is 0 Å². The van der Waals surface area contributed by atoms with Gasteiger partial charge in [-0.1, -0.05) is 29.8 Å². The van der Waals surface area contributed by atoms with Crippen molar-refractivity contribution in [3.63, 3.8) is 0 Å². The Morgan fingerprint density at radius 1 is 0.786 bits per heavy atom. The molecule has 1 aliphatic heterocycles. The molecule has 0 N–H and O–H groups in total. The molecule has 0 aromatic rings. The molecule has 0 aliphatic carbocycles. The molecule has 1 saturated heterocycles. The lowest BCUT2D eigenvalue weighted by Gasteiger charge is -2.48. The lowest BCUT2D eigenvalue weighted by Crippen LogP contribution is -2.53. The Kier molecular flexibility index (Phi) is 12.4. The van der Waals surface area contributed by atoms with Crippen LogP contribution in [0.3, 0.4) is 0 Å². The molecule has 1 aliphatic rings. The summed E-state index contributed by atoms with van der Waals surface area (Å²) >= 11 is 3.70. The molecule has 0 aromatic heterocycles. The van der Waals surface area contributed by atoms with Gasteiger partial charge in [0, 0.05) is 23.7 Å². The number of amides is 2. The fraction of sp³-hybridized carbons (Fsp3) is 0.839. The van der Waals surface area contributed by atoms with E-state index in [2.05, 4.69) is 15.9 Å².